The predicted octanol–water partition coefficient (Wildman–Crippen LogP) is 1.60. The van der Waals surface area contributed by atoms with E-state index >= 15 is 0 Å². The quantitative estimate of drug-likeness (QED) is 0.712. The minimum absolute atomic E-state index is 0.600. The molecule has 0 spiro atoms. The summed E-state index contributed by atoms with van der Waals surface area (Å²) in [5.41, 5.74) is 5.49. The molecule has 0 saturated heterocycles. The molecule has 0 bridgehead atoms. The fraction of sp³-hybridized carbons (Fsp3) is 0.667. The van der Waals surface area contributed by atoms with Crippen molar-refractivity contribution in [3.63, 3.8) is 0 Å². The highest BCUT2D eigenvalue weighted by Crippen LogP contribution is 2.09. The lowest BCUT2D eigenvalue weighted by molar-refractivity contribution is 0.698. The molecule has 2 N–H and O–H groups in total. The van der Waals surface area contributed by atoms with Crippen molar-refractivity contribution in [3.05, 3.63) is 18.1 Å². The lowest BCUT2D eigenvalue weighted by Gasteiger charge is -2.18. The summed E-state index contributed by atoms with van der Waals surface area (Å²) in [4.78, 5) is 10.8. The largest absolute Gasteiger partial charge is 0.360 e. The van der Waals surface area contributed by atoms with Gasteiger partial charge < -0.3 is 10.6 Å². The highest BCUT2D eigenvalue weighted by atomic mass is 15.2. The number of hydrogen-bond donors (Lipinski definition) is 1. The molecule has 0 aromatic carbocycles. The number of nitrogens with zero attached hydrogens (tertiary/aromatic N) is 3. The summed E-state index contributed by atoms with van der Waals surface area (Å²) in [6, 6.07) is 1.95. The first-order chi connectivity index (χ1) is 7.77. The molecule has 0 saturated carbocycles. The molecule has 0 unspecified atom stereocenters. The van der Waals surface area contributed by atoms with E-state index < -0.39 is 0 Å². The highest BCUT2D eigenvalue weighted by Gasteiger charge is 2.03. The van der Waals surface area contributed by atoms with Gasteiger partial charge in [0.15, 0.2) is 0 Å². The summed E-state index contributed by atoms with van der Waals surface area (Å²) >= 11 is 0. The predicted molar refractivity (Wildman–Crippen MR) is 67.6 cm³/mol. The molecule has 1 aromatic heterocycles. The molecule has 0 amide bonds. The van der Waals surface area contributed by atoms with Gasteiger partial charge >= 0.3 is 0 Å². The van der Waals surface area contributed by atoms with E-state index in [1.165, 1.54) is 19.3 Å². The van der Waals surface area contributed by atoms with Crippen LogP contribution < -0.4 is 10.6 Å². The Kier molecular flexibility index (Phi) is 5.78. The minimum Gasteiger partial charge on any atom is -0.360 e. The van der Waals surface area contributed by atoms with E-state index in [0.29, 0.717) is 6.54 Å². The van der Waals surface area contributed by atoms with Crippen molar-refractivity contribution in [1.82, 2.24) is 9.97 Å². The van der Waals surface area contributed by atoms with Crippen molar-refractivity contribution in [2.75, 3.05) is 25.0 Å². The lowest BCUT2D eigenvalue weighted by Crippen LogP contribution is -2.20. The Balaban J connectivity index is 2.53. The van der Waals surface area contributed by atoms with E-state index in [1.54, 1.807) is 0 Å². The van der Waals surface area contributed by atoms with Crippen LogP contribution in [-0.2, 0) is 6.42 Å². The average molecular weight is 222 g/mol. The van der Waals surface area contributed by atoms with Crippen molar-refractivity contribution >= 4 is 5.82 Å². The number of rotatable bonds is 7. The zero-order valence-electron chi connectivity index (χ0n) is 10.3. The summed E-state index contributed by atoms with van der Waals surface area (Å²) in [7, 11) is 2.07. The zero-order valence-corrected chi connectivity index (χ0v) is 10.3. The second-order valence-electron chi connectivity index (χ2n) is 4.00. The number of unbranched alkanes of at least 4 members (excludes halogenated alkanes) is 2. The number of anilines is 1. The van der Waals surface area contributed by atoms with Crippen molar-refractivity contribution in [3.8, 4) is 0 Å². The summed E-state index contributed by atoms with van der Waals surface area (Å²) in [5.74, 6) is 1.83. The Hall–Kier alpha value is -1.16. The minimum atomic E-state index is 0.600. The van der Waals surface area contributed by atoms with Crippen LogP contribution in [0.5, 0.6) is 0 Å². The molecule has 4 heteroatoms. The van der Waals surface area contributed by atoms with Crippen LogP contribution >= 0.6 is 0 Å². The van der Waals surface area contributed by atoms with Crippen molar-refractivity contribution in [1.29, 1.82) is 0 Å². The summed E-state index contributed by atoms with van der Waals surface area (Å²) < 4.78 is 0. The van der Waals surface area contributed by atoms with Gasteiger partial charge in [-0.3, -0.25) is 0 Å². The molecule has 0 fully saturated rings. The first-order valence-electron chi connectivity index (χ1n) is 6.01. The molecule has 4 nitrogen and oxygen atoms in total. The molecular formula is C12H22N4. The molecule has 0 aliphatic heterocycles. The molecule has 0 radical (unpaired) electrons. The van der Waals surface area contributed by atoms with E-state index in [1.807, 2.05) is 12.3 Å². The normalized spacial score (nSPS) is 10.4. The van der Waals surface area contributed by atoms with Gasteiger partial charge in [-0.05, 0) is 19.0 Å². The monoisotopic (exact) mass is 222 g/mol. The number of nitrogens with two attached hydrogens (primary N) is 1. The SMILES string of the molecule is CCCCCN(C)c1ccnc(CCN)n1. The fourth-order valence-corrected chi connectivity index (χ4v) is 1.56. The molecule has 0 aliphatic carbocycles. The maximum Gasteiger partial charge on any atom is 0.131 e. The van der Waals surface area contributed by atoms with Crippen LogP contribution in [0.15, 0.2) is 12.3 Å². The van der Waals surface area contributed by atoms with Crippen LogP contribution in [0.25, 0.3) is 0 Å². The first-order valence-corrected chi connectivity index (χ1v) is 6.01. The molecule has 1 heterocycles. The Morgan fingerprint density at radius 3 is 2.88 bits per heavy atom. The fourth-order valence-electron chi connectivity index (χ4n) is 1.56. The highest BCUT2D eigenvalue weighted by molar-refractivity contribution is 5.35. The molecular weight excluding hydrogens is 200 g/mol. The Bertz CT molecular complexity index is 301. The maximum atomic E-state index is 5.49. The molecule has 16 heavy (non-hydrogen) atoms. The van der Waals surface area contributed by atoms with Gasteiger partial charge in [-0.15, -0.1) is 0 Å². The average Bonchev–Trinajstić information content (AvgIpc) is 2.30. The van der Waals surface area contributed by atoms with Crippen LogP contribution in [0.3, 0.4) is 0 Å². The van der Waals surface area contributed by atoms with E-state index in [2.05, 4.69) is 28.8 Å². The maximum absolute atomic E-state index is 5.49. The Morgan fingerprint density at radius 1 is 1.38 bits per heavy atom. The van der Waals surface area contributed by atoms with Gasteiger partial charge in [-0.25, -0.2) is 9.97 Å². The third-order valence-electron chi connectivity index (χ3n) is 2.55. The van der Waals surface area contributed by atoms with Gasteiger partial charge in [-0.1, -0.05) is 19.8 Å². The second kappa shape index (κ2) is 7.17. The topological polar surface area (TPSA) is 55.0 Å². The van der Waals surface area contributed by atoms with Gasteiger partial charge in [-0.2, -0.15) is 0 Å². The van der Waals surface area contributed by atoms with E-state index in [4.69, 9.17) is 5.73 Å². The van der Waals surface area contributed by atoms with Crippen molar-refractivity contribution in [2.24, 2.45) is 5.73 Å². The van der Waals surface area contributed by atoms with Crippen LogP contribution in [0.1, 0.15) is 32.0 Å². The Morgan fingerprint density at radius 2 is 2.19 bits per heavy atom. The number of hydrogen-bond acceptors (Lipinski definition) is 4. The van der Waals surface area contributed by atoms with E-state index in [-0.39, 0.29) is 0 Å². The van der Waals surface area contributed by atoms with Gasteiger partial charge in [0.1, 0.15) is 11.6 Å². The zero-order chi connectivity index (χ0) is 11.8. The third kappa shape index (κ3) is 4.14. The van der Waals surface area contributed by atoms with Gasteiger partial charge in [0.2, 0.25) is 0 Å². The van der Waals surface area contributed by atoms with Crippen molar-refractivity contribution in [2.45, 2.75) is 32.6 Å². The van der Waals surface area contributed by atoms with E-state index in [9.17, 15) is 0 Å². The van der Waals surface area contributed by atoms with Crippen LogP contribution in [0.4, 0.5) is 5.82 Å². The third-order valence-corrected chi connectivity index (χ3v) is 2.55. The Labute approximate surface area is 97.9 Å². The molecule has 90 valence electrons. The standard InChI is InChI=1S/C12H22N4/c1-3-4-5-10-16(2)12-7-9-14-11(15-12)6-8-13/h7,9H,3-6,8,10,13H2,1-2H3. The number of aromatic nitrogens is 2. The van der Waals surface area contributed by atoms with Gasteiger partial charge in [0.25, 0.3) is 0 Å². The smallest absolute Gasteiger partial charge is 0.131 e. The van der Waals surface area contributed by atoms with Gasteiger partial charge in [0.05, 0.1) is 0 Å². The van der Waals surface area contributed by atoms with Crippen LogP contribution in [-0.4, -0.2) is 30.1 Å². The molecule has 0 atom stereocenters. The van der Waals surface area contributed by atoms with Crippen molar-refractivity contribution < 1.29 is 0 Å². The summed E-state index contributed by atoms with van der Waals surface area (Å²) in [5, 5.41) is 0. The van der Waals surface area contributed by atoms with E-state index in [0.717, 1.165) is 24.6 Å². The summed E-state index contributed by atoms with van der Waals surface area (Å²) in [6.07, 6.45) is 6.28. The molecule has 1 rings (SSSR count). The van der Waals surface area contributed by atoms with Crippen LogP contribution in [0, 0.1) is 0 Å². The molecule has 1 aromatic rings. The summed E-state index contributed by atoms with van der Waals surface area (Å²) in [6.45, 7) is 3.86. The van der Waals surface area contributed by atoms with Crippen LogP contribution in [0.2, 0.25) is 0 Å². The first kappa shape index (κ1) is 12.9. The lowest BCUT2D eigenvalue weighted by atomic mass is 10.2. The molecule has 0 aliphatic rings. The second-order valence-corrected chi connectivity index (χ2v) is 4.00. The van der Waals surface area contributed by atoms with Gasteiger partial charge in [0, 0.05) is 26.2 Å².